The highest BCUT2D eigenvalue weighted by Crippen LogP contribution is 2.38. The molecule has 0 heterocycles. The van der Waals surface area contributed by atoms with Crippen LogP contribution in [0.1, 0.15) is 161 Å². The fourth-order valence-corrected chi connectivity index (χ4v) is 5.89. The van der Waals surface area contributed by atoms with Crippen LogP contribution in [0, 0.1) is 0 Å². The van der Waals surface area contributed by atoms with Crippen LogP contribution in [-0.4, -0.2) is 70.0 Å². The number of phosphoric acid groups is 1. The molecule has 47 heavy (non-hydrogen) atoms. The Bertz CT molecular complexity index is 817. The van der Waals surface area contributed by atoms with E-state index in [1.165, 1.54) is 77.0 Å². The van der Waals surface area contributed by atoms with Crippen molar-refractivity contribution in [1.82, 2.24) is 0 Å². The third-order valence-electron chi connectivity index (χ3n) is 8.18. The molecule has 0 amide bonds. The zero-order valence-corrected chi connectivity index (χ0v) is 31.7. The summed E-state index contributed by atoms with van der Waals surface area (Å²) < 4.78 is 33.6. The highest BCUT2D eigenvalue weighted by Gasteiger charge is 2.21. The smallest absolute Gasteiger partial charge is 0.306 e. The molecule has 0 aliphatic carbocycles. The molecule has 9 nitrogen and oxygen atoms in total. The molecule has 0 bridgehead atoms. The molecule has 278 valence electrons. The molecule has 0 aromatic rings. The Labute approximate surface area is 288 Å². The number of likely N-dealkylation sites (N-methyl/N-ethyl adjacent to an activating group) is 1. The van der Waals surface area contributed by atoms with Gasteiger partial charge in [-0.15, -0.1) is 6.58 Å². The van der Waals surface area contributed by atoms with E-state index in [1.807, 2.05) is 27.2 Å². The Morgan fingerprint density at radius 1 is 0.681 bits per heavy atom. The number of rotatable bonds is 35. The maximum atomic E-state index is 12.5. The summed E-state index contributed by atoms with van der Waals surface area (Å²) in [5.74, 6) is -0.850. The monoisotopic (exact) mass is 689 g/mol. The SMILES string of the molecule is C=CCCCCCCCCC(=O)O[C@H](COC(=O)CCCCCCCCCCCCCCCCC)COP(=O)([O-])OCC[N+](C)(C)C. The predicted molar refractivity (Wildman–Crippen MR) is 190 cm³/mol. The zero-order valence-electron chi connectivity index (χ0n) is 30.8. The second-order valence-corrected chi connectivity index (χ2v) is 15.4. The summed E-state index contributed by atoms with van der Waals surface area (Å²) in [6, 6.07) is 0. The van der Waals surface area contributed by atoms with E-state index < -0.39 is 26.5 Å². The van der Waals surface area contributed by atoms with Gasteiger partial charge in [0.2, 0.25) is 0 Å². The van der Waals surface area contributed by atoms with E-state index in [1.54, 1.807) is 0 Å². The maximum absolute atomic E-state index is 12.5. The van der Waals surface area contributed by atoms with Gasteiger partial charge in [0, 0.05) is 12.8 Å². The first-order chi connectivity index (χ1) is 22.5. The minimum absolute atomic E-state index is 0.0312. The van der Waals surface area contributed by atoms with Crippen LogP contribution < -0.4 is 4.89 Å². The Morgan fingerprint density at radius 3 is 1.60 bits per heavy atom. The molecule has 0 aromatic heterocycles. The molecule has 0 saturated carbocycles. The van der Waals surface area contributed by atoms with Crippen molar-refractivity contribution in [1.29, 1.82) is 0 Å². The van der Waals surface area contributed by atoms with E-state index in [-0.39, 0.29) is 32.0 Å². The number of hydrogen-bond acceptors (Lipinski definition) is 8. The number of unbranched alkanes of at least 4 members (excludes halogenated alkanes) is 20. The molecular formula is C37H72NO8P. The van der Waals surface area contributed by atoms with Crippen LogP contribution in [-0.2, 0) is 32.7 Å². The van der Waals surface area contributed by atoms with E-state index in [0.29, 0.717) is 17.4 Å². The zero-order chi connectivity index (χ0) is 35.1. The molecule has 0 aliphatic rings. The van der Waals surface area contributed by atoms with Crippen LogP contribution in [0.4, 0.5) is 0 Å². The van der Waals surface area contributed by atoms with E-state index >= 15 is 0 Å². The lowest BCUT2D eigenvalue weighted by Gasteiger charge is -2.28. The average molecular weight is 690 g/mol. The molecular weight excluding hydrogens is 617 g/mol. The lowest BCUT2D eigenvalue weighted by Crippen LogP contribution is -2.37. The Balaban J connectivity index is 4.33. The second kappa shape index (κ2) is 30.8. The van der Waals surface area contributed by atoms with Crippen LogP contribution in [0.3, 0.4) is 0 Å². The summed E-state index contributed by atoms with van der Waals surface area (Å²) in [5, 5.41) is 0. The molecule has 2 atom stereocenters. The number of allylic oxidation sites excluding steroid dienone is 1. The van der Waals surface area contributed by atoms with Crippen molar-refractivity contribution in [3.8, 4) is 0 Å². The summed E-state index contributed by atoms with van der Waals surface area (Å²) in [6.45, 7) is 5.71. The average Bonchev–Trinajstić information content (AvgIpc) is 3.01. The normalized spacial score (nSPS) is 13.6. The van der Waals surface area contributed by atoms with Gasteiger partial charge in [-0.1, -0.05) is 129 Å². The number of ether oxygens (including phenoxy) is 2. The largest absolute Gasteiger partial charge is 0.756 e. The summed E-state index contributed by atoms with van der Waals surface area (Å²) in [4.78, 5) is 37.2. The molecule has 0 radical (unpaired) electrons. The van der Waals surface area contributed by atoms with Gasteiger partial charge in [-0.3, -0.25) is 14.2 Å². The molecule has 0 aromatic carbocycles. The minimum atomic E-state index is -4.61. The van der Waals surface area contributed by atoms with Gasteiger partial charge in [0.05, 0.1) is 27.7 Å². The quantitative estimate of drug-likeness (QED) is 0.0213. The Kier molecular flexibility index (Phi) is 30.0. The third-order valence-corrected chi connectivity index (χ3v) is 9.15. The van der Waals surface area contributed by atoms with Crippen molar-refractivity contribution >= 4 is 19.8 Å². The van der Waals surface area contributed by atoms with Crippen LogP contribution in [0.2, 0.25) is 0 Å². The highest BCUT2D eigenvalue weighted by molar-refractivity contribution is 7.45. The number of phosphoric ester groups is 1. The van der Waals surface area contributed by atoms with Gasteiger partial charge in [0.15, 0.2) is 6.10 Å². The van der Waals surface area contributed by atoms with Crippen LogP contribution >= 0.6 is 7.82 Å². The van der Waals surface area contributed by atoms with Crippen LogP contribution in [0.25, 0.3) is 0 Å². The first kappa shape index (κ1) is 45.8. The summed E-state index contributed by atoms with van der Waals surface area (Å²) in [5.41, 5.74) is 0. The lowest BCUT2D eigenvalue weighted by molar-refractivity contribution is -0.870. The summed E-state index contributed by atoms with van der Waals surface area (Å²) in [7, 11) is 1.16. The highest BCUT2D eigenvalue weighted by atomic mass is 31.2. The van der Waals surface area contributed by atoms with E-state index in [9.17, 15) is 19.0 Å². The molecule has 0 N–H and O–H groups in total. The van der Waals surface area contributed by atoms with Crippen molar-refractivity contribution in [3.63, 3.8) is 0 Å². The standard InChI is InChI=1S/C37H72NO8P/c1-6-8-10-12-14-16-17-18-19-20-21-22-24-25-27-29-36(39)43-33-35(34-45-47(41,42)44-32-31-38(3,4)5)46-37(40)30-28-26-23-15-13-11-9-7-2/h7,35H,2,6,8-34H2,1,3-5H3/t35-/m1/s1. The maximum Gasteiger partial charge on any atom is 0.306 e. The van der Waals surface area contributed by atoms with Gasteiger partial charge in [0.1, 0.15) is 19.8 Å². The molecule has 0 aliphatic heterocycles. The number of nitrogens with zero attached hydrogens (tertiary/aromatic N) is 1. The molecule has 0 spiro atoms. The molecule has 0 saturated heterocycles. The number of hydrogen-bond donors (Lipinski definition) is 0. The number of carbonyl (C=O) groups excluding carboxylic acids is 2. The van der Waals surface area contributed by atoms with Crippen molar-refractivity contribution in [2.24, 2.45) is 0 Å². The van der Waals surface area contributed by atoms with Gasteiger partial charge >= 0.3 is 11.9 Å². The lowest BCUT2D eigenvalue weighted by atomic mass is 10.0. The number of esters is 2. The first-order valence-corrected chi connectivity index (χ1v) is 20.3. The summed E-state index contributed by atoms with van der Waals surface area (Å²) in [6.07, 6.45) is 27.2. The number of quaternary nitrogens is 1. The van der Waals surface area contributed by atoms with Gasteiger partial charge < -0.3 is 27.9 Å². The van der Waals surface area contributed by atoms with E-state index in [2.05, 4.69) is 13.5 Å². The fraction of sp³-hybridized carbons (Fsp3) is 0.892. The van der Waals surface area contributed by atoms with E-state index in [0.717, 1.165) is 57.8 Å². The fourth-order valence-electron chi connectivity index (χ4n) is 5.16. The Hall–Kier alpha value is -1.25. The van der Waals surface area contributed by atoms with Gasteiger partial charge in [-0.2, -0.15) is 0 Å². The van der Waals surface area contributed by atoms with Crippen molar-refractivity contribution < 1.29 is 42.1 Å². The van der Waals surface area contributed by atoms with Gasteiger partial charge in [-0.25, -0.2) is 0 Å². The molecule has 0 fully saturated rings. The van der Waals surface area contributed by atoms with Crippen molar-refractivity contribution in [2.75, 3.05) is 47.5 Å². The van der Waals surface area contributed by atoms with Crippen LogP contribution in [0.5, 0.6) is 0 Å². The Morgan fingerprint density at radius 2 is 1.13 bits per heavy atom. The molecule has 1 unspecified atom stereocenters. The number of carbonyl (C=O) groups is 2. The predicted octanol–water partition coefficient (Wildman–Crippen LogP) is 9.22. The minimum Gasteiger partial charge on any atom is -0.756 e. The molecule has 10 heteroatoms. The topological polar surface area (TPSA) is 111 Å². The third kappa shape index (κ3) is 34.4. The molecule has 0 rings (SSSR count). The first-order valence-electron chi connectivity index (χ1n) is 18.9. The van der Waals surface area contributed by atoms with Gasteiger partial charge in [-0.05, 0) is 25.7 Å². The van der Waals surface area contributed by atoms with Crippen molar-refractivity contribution in [3.05, 3.63) is 12.7 Å². The van der Waals surface area contributed by atoms with E-state index in [4.69, 9.17) is 18.5 Å². The summed E-state index contributed by atoms with van der Waals surface area (Å²) >= 11 is 0. The van der Waals surface area contributed by atoms with Crippen molar-refractivity contribution in [2.45, 2.75) is 167 Å². The van der Waals surface area contributed by atoms with Gasteiger partial charge in [0.25, 0.3) is 7.82 Å². The second-order valence-electron chi connectivity index (χ2n) is 14.0. The van der Waals surface area contributed by atoms with Crippen LogP contribution in [0.15, 0.2) is 12.7 Å².